The minimum atomic E-state index is -0.949. The zero-order chi connectivity index (χ0) is 53.0. The quantitative estimate of drug-likeness (QED) is 0.176. The minimum Gasteiger partial charge on any atom is -0.310 e. The molecule has 4 nitrogen and oxygen atoms in total. The van der Waals surface area contributed by atoms with Crippen molar-refractivity contribution < 1.29 is 0 Å². The smallest absolute Gasteiger partial charge is 0.204 e. The summed E-state index contributed by atoms with van der Waals surface area (Å²) in [6.07, 6.45) is 0. The Labute approximate surface area is 470 Å². The first kappa shape index (κ1) is 44.5. The van der Waals surface area contributed by atoms with Gasteiger partial charge in [-0.3, -0.25) is 0 Å². The molecule has 3 heterocycles. The lowest BCUT2D eigenvalue weighted by Crippen LogP contribution is -2.36. The van der Waals surface area contributed by atoms with E-state index < -0.39 is 16.5 Å². The van der Waals surface area contributed by atoms with Gasteiger partial charge in [-0.2, -0.15) is 0 Å². The molecule has 0 saturated heterocycles. The van der Waals surface area contributed by atoms with E-state index in [1.807, 2.05) is 0 Å². The average Bonchev–Trinajstić information content (AvgIpc) is 4.46. The van der Waals surface area contributed by atoms with Crippen LogP contribution in [0.4, 0.5) is 34.1 Å². The molecule has 3 spiro atoms. The number of hydrogen-bond donors (Lipinski definition) is 0. The van der Waals surface area contributed by atoms with Crippen molar-refractivity contribution in [2.45, 2.75) is 16.5 Å². The maximum absolute atomic E-state index is 5.87. The third-order valence-electron chi connectivity index (χ3n) is 18.6. The number of nitrogens with zero attached hydrogens (tertiary/aromatic N) is 4. The van der Waals surface area contributed by atoms with Crippen molar-refractivity contribution >= 4 is 45.5 Å². The molecule has 6 aliphatic rings. The molecule has 81 heavy (non-hydrogen) atoms. The summed E-state index contributed by atoms with van der Waals surface area (Å²) in [6, 6.07) is 108. The first-order valence-electron chi connectivity index (χ1n) is 28.2. The highest BCUT2D eigenvalue weighted by atomic mass is 15.2. The molecule has 3 aliphatic carbocycles. The molecule has 0 N–H and O–H groups in total. The molecular formula is C77H48N4. The van der Waals surface area contributed by atoms with Crippen molar-refractivity contribution in [1.29, 1.82) is 0 Å². The van der Waals surface area contributed by atoms with Crippen LogP contribution in [0.15, 0.2) is 301 Å². The van der Waals surface area contributed by atoms with Gasteiger partial charge in [0.05, 0.1) is 45.0 Å². The first-order chi connectivity index (χ1) is 40.2. The van der Waals surface area contributed by atoms with Crippen molar-refractivity contribution in [3.05, 3.63) is 358 Å². The summed E-state index contributed by atoms with van der Waals surface area (Å²) in [5, 5.41) is 0. The van der Waals surface area contributed by atoms with Gasteiger partial charge in [-0.1, -0.05) is 243 Å². The zero-order valence-corrected chi connectivity index (χ0v) is 44.0. The third-order valence-corrected chi connectivity index (χ3v) is 18.6. The number of hydrogen-bond acceptors (Lipinski definition) is 4. The molecule has 12 aromatic rings. The normalized spacial score (nSPS) is 15.8. The summed E-state index contributed by atoms with van der Waals surface area (Å²) >= 11 is 0. The van der Waals surface area contributed by atoms with Crippen LogP contribution in [0.2, 0.25) is 0 Å². The van der Waals surface area contributed by atoms with Gasteiger partial charge in [0, 0.05) is 33.6 Å². The lowest BCUT2D eigenvalue weighted by Gasteiger charge is -2.45. The molecule has 4 heteroatoms. The van der Waals surface area contributed by atoms with E-state index in [1.54, 1.807) is 0 Å². The predicted molar refractivity (Wildman–Crippen MR) is 330 cm³/mol. The van der Waals surface area contributed by atoms with Gasteiger partial charge in [0.25, 0.3) is 0 Å². The Hall–Kier alpha value is -10.4. The fraction of sp³-hybridized carbons (Fsp3) is 0.0390. The van der Waals surface area contributed by atoms with Crippen LogP contribution < -0.4 is 9.80 Å². The highest BCUT2D eigenvalue weighted by Gasteiger charge is 2.54. The first-order valence-corrected chi connectivity index (χ1v) is 28.2. The zero-order valence-electron chi connectivity index (χ0n) is 44.0. The number of rotatable bonds is 4. The maximum Gasteiger partial charge on any atom is 0.204 e. The largest absolute Gasteiger partial charge is 0.310 e. The number of anilines is 6. The molecule has 0 fully saturated rings. The van der Waals surface area contributed by atoms with E-state index in [1.165, 1.54) is 101 Å². The van der Waals surface area contributed by atoms with Crippen LogP contribution in [-0.4, -0.2) is 11.4 Å². The lowest BCUT2D eigenvalue weighted by atomic mass is 9.64. The van der Waals surface area contributed by atoms with Gasteiger partial charge in [-0.05, 0) is 126 Å². The third kappa shape index (κ3) is 5.63. The highest BCUT2D eigenvalue weighted by molar-refractivity contribution is 6.54. The van der Waals surface area contributed by atoms with E-state index in [0.717, 1.165) is 45.1 Å². The number of benzene rings is 12. The predicted octanol–water partition coefficient (Wildman–Crippen LogP) is 18.2. The van der Waals surface area contributed by atoms with Gasteiger partial charge >= 0.3 is 0 Å². The standard InChI is InChI=1S/C77H48N4/c1-7-27-59-53(21-1)54-22-2-8-28-60(54)75(59)65-33-13-17-37-69(65)80(70-38-18-14-34-66(70)75)51-45-41-49(42-46-51)73-74(79-77(78-73)63-31-11-5-25-57(63)58-26-6-12-32-64(58)77)50-43-47-52(48-44-50)81-71-39-19-15-35-67(71)76(68-36-16-20-40-72(68)81)61-29-9-3-23-55(61)56-24-4-10-30-62(56)76/h1-48H. The van der Waals surface area contributed by atoms with Crippen LogP contribution in [0, 0.1) is 0 Å². The van der Waals surface area contributed by atoms with Crippen molar-refractivity contribution in [3.63, 3.8) is 0 Å². The molecule has 0 aromatic heterocycles. The Morgan fingerprint density at radius 1 is 0.210 bits per heavy atom. The Morgan fingerprint density at radius 3 is 0.716 bits per heavy atom. The van der Waals surface area contributed by atoms with E-state index >= 15 is 0 Å². The Balaban J connectivity index is 0.777. The SMILES string of the molecule is c1ccc2c(c1)-c1ccccc1C21N=C(c2ccc(N3c4ccccc4C4(c5ccccc5-c5ccccc54)c4ccccc43)cc2)C(c2ccc(N3c4ccccc4C4(c5ccccc5-c5ccccc54)c4ccccc43)cc2)=N1. The number of aliphatic imine (C=N–C) groups is 2. The van der Waals surface area contributed by atoms with Crippen LogP contribution in [0.5, 0.6) is 0 Å². The van der Waals surface area contributed by atoms with E-state index in [9.17, 15) is 0 Å². The molecule has 0 atom stereocenters. The van der Waals surface area contributed by atoms with E-state index in [0.29, 0.717) is 0 Å². The van der Waals surface area contributed by atoms with Gasteiger partial charge in [-0.25, -0.2) is 9.98 Å². The molecular weight excluding hydrogens is 981 g/mol. The Kier molecular flexibility index (Phi) is 8.98. The topological polar surface area (TPSA) is 31.2 Å². The number of para-hydroxylation sites is 4. The summed E-state index contributed by atoms with van der Waals surface area (Å²) in [5.41, 5.74) is 28.8. The Morgan fingerprint density at radius 2 is 0.432 bits per heavy atom. The van der Waals surface area contributed by atoms with Gasteiger partial charge in [-0.15, -0.1) is 0 Å². The minimum absolute atomic E-state index is 0.476. The second-order valence-electron chi connectivity index (χ2n) is 22.2. The van der Waals surface area contributed by atoms with Gasteiger partial charge < -0.3 is 9.80 Å². The summed E-state index contributed by atoms with van der Waals surface area (Å²) in [6.45, 7) is 0. The fourth-order valence-electron chi connectivity index (χ4n) is 15.5. The highest BCUT2D eigenvalue weighted by Crippen LogP contribution is 2.65. The second-order valence-corrected chi connectivity index (χ2v) is 22.2. The molecule has 0 radical (unpaired) electrons. The maximum atomic E-state index is 5.87. The molecule has 0 saturated carbocycles. The molecule has 0 unspecified atom stereocenters. The lowest BCUT2D eigenvalue weighted by molar-refractivity contribution is 0.606. The molecule has 376 valence electrons. The van der Waals surface area contributed by atoms with Gasteiger partial charge in [0.15, 0.2) is 0 Å². The molecule has 3 aliphatic heterocycles. The number of fused-ring (bicyclic) bond motifs is 23. The molecule has 18 rings (SSSR count). The van der Waals surface area contributed by atoms with Crippen LogP contribution in [-0.2, 0) is 16.5 Å². The Bertz CT molecular complexity index is 4240. The van der Waals surface area contributed by atoms with Crippen molar-refractivity contribution in [2.75, 3.05) is 9.80 Å². The van der Waals surface area contributed by atoms with Crippen molar-refractivity contribution in [2.24, 2.45) is 9.98 Å². The van der Waals surface area contributed by atoms with E-state index in [2.05, 4.69) is 301 Å². The molecule has 0 amide bonds. The van der Waals surface area contributed by atoms with Crippen LogP contribution in [0.3, 0.4) is 0 Å². The van der Waals surface area contributed by atoms with Crippen molar-refractivity contribution in [3.8, 4) is 33.4 Å². The fourth-order valence-corrected chi connectivity index (χ4v) is 15.5. The second kappa shape index (κ2) is 16.3. The average molecular weight is 1030 g/mol. The molecule has 0 bridgehead atoms. The summed E-state index contributed by atoms with van der Waals surface area (Å²) in [4.78, 5) is 16.7. The van der Waals surface area contributed by atoms with Gasteiger partial charge in [0.1, 0.15) is 0 Å². The monoisotopic (exact) mass is 1030 g/mol. The summed E-state index contributed by atoms with van der Waals surface area (Å²) in [5.74, 6) is 0. The summed E-state index contributed by atoms with van der Waals surface area (Å²) in [7, 11) is 0. The molecule has 12 aromatic carbocycles. The van der Waals surface area contributed by atoms with Crippen LogP contribution >= 0.6 is 0 Å². The van der Waals surface area contributed by atoms with Crippen LogP contribution in [0.25, 0.3) is 33.4 Å². The van der Waals surface area contributed by atoms with E-state index in [4.69, 9.17) is 9.98 Å². The summed E-state index contributed by atoms with van der Waals surface area (Å²) < 4.78 is 0. The van der Waals surface area contributed by atoms with Crippen molar-refractivity contribution in [1.82, 2.24) is 0 Å². The van der Waals surface area contributed by atoms with Gasteiger partial charge in [0.2, 0.25) is 5.66 Å². The van der Waals surface area contributed by atoms with Crippen LogP contribution in [0.1, 0.15) is 66.8 Å². The van der Waals surface area contributed by atoms with E-state index in [-0.39, 0.29) is 0 Å².